The normalized spacial score (nSPS) is 15.1. The van der Waals surface area contributed by atoms with Crippen LogP contribution < -0.4 is 15.8 Å². The molecular formula is C24H31N5O. The Morgan fingerprint density at radius 3 is 2.47 bits per heavy atom. The molecule has 4 rings (SSSR count). The summed E-state index contributed by atoms with van der Waals surface area (Å²) in [5.41, 5.74) is 3.21. The topological polar surface area (TPSA) is 53.4 Å². The van der Waals surface area contributed by atoms with E-state index in [-0.39, 0.29) is 5.56 Å². The zero-order chi connectivity index (χ0) is 21.1. The standard InChI is InChI=1S/C24H31N5O/c1-18(2)10-11-29-22-16-23(25-17-19(22)4-9-24(29)30)26-20-5-7-21(8-6-20)28-14-12-27(3)13-15-28/h4-9,16-18H,10-15H2,1-3H3,(H,25,26). The maximum atomic E-state index is 12.4. The average molecular weight is 406 g/mol. The number of nitrogens with zero attached hydrogens (tertiary/aromatic N) is 4. The molecule has 158 valence electrons. The fraction of sp³-hybridized carbons (Fsp3) is 0.417. The van der Waals surface area contributed by atoms with Gasteiger partial charge in [-0.2, -0.15) is 0 Å². The van der Waals surface area contributed by atoms with Gasteiger partial charge in [0.1, 0.15) is 5.82 Å². The lowest BCUT2D eigenvalue weighted by molar-refractivity contribution is 0.313. The molecule has 0 aliphatic carbocycles. The van der Waals surface area contributed by atoms with Crippen LogP contribution in [0.25, 0.3) is 10.9 Å². The summed E-state index contributed by atoms with van der Waals surface area (Å²) < 4.78 is 1.86. The minimum atomic E-state index is 0.0387. The first-order valence-corrected chi connectivity index (χ1v) is 10.8. The summed E-state index contributed by atoms with van der Waals surface area (Å²) in [4.78, 5) is 21.8. The van der Waals surface area contributed by atoms with Gasteiger partial charge in [0, 0.05) is 67.8 Å². The highest BCUT2D eigenvalue weighted by Crippen LogP contribution is 2.23. The number of aryl methyl sites for hydroxylation is 1. The van der Waals surface area contributed by atoms with E-state index in [9.17, 15) is 4.79 Å². The number of nitrogens with one attached hydrogen (secondary N) is 1. The highest BCUT2D eigenvalue weighted by Gasteiger charge is 2.14. The van der Waals surface area contributed by atoms with E-state index in [0.717, 1.165) is 61.6 Å². The minimum Gasteiger partial charge on any atom is -0.369 e. The number of piperazine rings is 1. The van der Waals surface area contributed by atoms with E-state index in [0.29, 0.717) is 5.92 Å². The average Bonchev–Trinajstić information content (AvgIpc) is 2.74. The van der Waals surface area contributed by atoms with Gasteiger partial charge >= 0.3 is 0 Å². The Kier molecular flexibility index (Phi) is 6.04. The first-order chi connectivity index (χ1) is 14.5. The van der Waals surface area contributed by atoms with Gasteiger partial charge in [-0.15, -0.1) is 0 Å². The van der Waals surface area contributed by atoms with E-state index in [4.69, 9.17) is 0 Å². The molecule has 6 heteroatoms. The molecule has 0 bridgehead atoms. The number of rotatable bonds is 6. The monoisotopic (exact) mass is 405 g/mol. The summed E-state index contributed by atoms with van der Waals surface area (Å²) in [6.07, 6.45) is 2.80. The largest absolute Gasteiger partial charge is 0.369 e. The molecule has 1 aliphatic heterocycles. The van der Waals surface area contributed by atoms with Crippen LogP contribution in [0.3, 0.4) is 0 Å². The second kappa shape index (κ2) is 8.88. The van der Waals surface area contributed by atoms with Crippen LogP contribution in [0.4, 0.5) is 17.2 Å². The summed E-state index contributed by atoms with van der Waals surface area (Å²) >= 11 is 0. The van der Waals surface area contributed by atoms with Crippen molar-refractivity contribution in [2.75, 3.05) is 43.4 Å². The van der Waals surface area contributed by atoms with Crippen LogP contribution in [0.1, 0.15) is 20.3 Å². The molecule has 1 saturated heterocycles. The Morgan fingerprint density at radius 1 is 1.03 bits per heavy atom. The van der Waals surface area contributed by atoms with Crippen molar-refractivity contribution < 1.29 is 0 Å². The smallest absolute Gasteiger partial charge is 0.251 e. The second-order valence-electron chi connectivity index (χ2n) is 8.60. The van der Waals surface area contributed by atoms with Crippen molar-refractivity contribution in [2.45, 2.75) is 26.8 Å². The van der Waals surface area contributed by atoms with E-state index >= 15 is 0 Å². The molecule has 2 aromatic heterocycles. The molecule has 1 aromatic carbocycles. The van der Waals surface area contributed by atoms with Crippen LogP contribution in [0.5, 0.6) is 0 Å². The third-order valence-electron chi connectivity index (χ3n) is 5.81. The van der Waals surface area contributed by atoms with Crippen molar-refractivity contribution in [3.63, 3.8) is 0 Å². The van der Waals surface area contributed by atoms with E-state index in [1.807, 2.05) is 22.9 Å². The quantitative estimate of drug-likeness (QED) is 0.673. The Labute approximate surface area is 178 Å². The van der Waals surface area contributed by atoms with Crippen LogP contribution in [0.15, 0.2) is 53.5 Å². The number of aromatic nitrogens is 2. The zero-order valence-electron chi connectivity index (χ0n) is 18.1. The third kappa shape index (κ3) is 4.65. The Balaban J connectivity index is 1.53. The lowest BCUT2D eigenvalue weighted by Gasteiger charge is -2.34. The number of likely N-dealkylation sites (N-methyl/N-ethyl adjacent to an activating group) is 1. The summed E-state index contributed by atoms with van der Waals surface area (Å²) in [5.74, 6) is 1.30. The van der Waals surface area contributed by atoms with Crippen molar-refractivity contribution >= 4 is 28.1 Å². The summed E-state index contributed by atoms with van der Waals surface area (Å²) in [7, 11) is 2.17. The van der Waals surface area contributed by atoms with Crippen LogP contribution in [-0.2, 0) is 6.54 Å². The lowest BCUT2D eigenvalue weighted by atomic mass is 10.1. The van der Waals surface area contributed by atoms with Gasteiger partial charge in [0.2, 0.25) is 0 Å². The molecule has 1 N–H and O–H groups in total. The highest BCUT2D eigenvalue weighted by molar-refractivity contribution is 5.81. The molecule has 0 radical (unpaired) electrons. The lowest BCUT2D eigenvalue weighted by Crippen LogP contribution is -2.44. The fourth-order valence-electron chi connectivity index (χ4n) is 3.84. The van der Waals surface area contributed by atoms with Crippen LogP contribution in [0, 0.1) is 5.92 Å². The molecule has 3 heterocycles. The van der Waals surface area contributed by atoms with Gasteiger partial charge in [-0.1, -0.05) is 13.8 Å². The molecule has 0 atom stereocenters. The molecule has 0 amide bonds. The van der Waals surface area contributed by atoms with Gasteiger partial charge < -0.3 is 19.7 Å². The Bertz CT molecular complexity index is 1050. The van der Waals surface area contributed by atoms with Gasteiger partial charge in [0.15, 0.2) is 0 Å². The van der Waals surface area contributed by atoms with Crippen molar-refractivity contribution in [3.05, 3.63) is 59.0 Å². The number of hydrogen-bond acceptors (Lipinski definition) is 5. The molecule has 3 aromatic rings. The molecule has 0 spiro atoms. The van der Waals surface area contributed by atoms with E-state index in [2.05, 4.69) is 65.3 Å². The predicted molar refractivity (Wildman–Crippen MR) is 125 cm³/mol. The zero-order valence-corrected chi connectivity index (χ0v) is 18.1. The van der Waals surface area contributed by atoms with Crippen LogP contribution >= 0.6 is 0 Å². The number of pyridine rings is 2. The maximum absolute atomic E-state index is 12.4. The molecule has 1 fully saturated rings. The minimum absolute atomic E-state index is 0.0387. The SMILES string of the molecule is CC(C)CCn1c(=O)ccc2cnc(Nc3ccc(N4CCN(C)CC4)cc3)cc21. The van der Waals surface area contributed by atoms with Gasteiger partial charge in [-0.05, 0) is 49.7 Å². The van der Waals surface area contributed by atoms with E-state index in [1.54, 1.807) is 6.07 Å². The van der Waals surface area contributed by atoms with Crippen molar-refractivity contribution in [3.8, 4) is 0 Å². The van der Waals surface area contributed by atoms with Crippen LogP contribution in [0.2, 0.25) is 0 Å². The summed E-state index contributed by atoms with van der Waals surface area (Å²) in [6, 6.07) is 14.0. The second-order valence-corrected chi connectivity index (χ2v) is 8.60. The molecule has 30 heavy (non-hydrogen) atoms. The Hall–Kier alpha value is -2.86. The van der Waals surface area contributed by atoms with E-state index < -0.39 is 0 Å². The molecule has 1 aliphatic rings. The Morgan fingerprint density at radius 2 is 1.77 bits per heavy atom. The maximum Gasteiger partial charge on any atom is 0.251 e. The van der Waals surface area contributed by atoms with Gasteiger partial charge in [-0.25, -0.2) is 4.98 Å². The fourth-order valence-corrected chi connectivity index (χ4v) is 3.84. The predicted octanol–water partition coefficient (Wildman–Crippen LogP) is 3.94. The van der Waals surface area contributed by atoms with Gasteiger partial charge in [0.05, 0.1) is 5.52 Å². The first kappa shape index (κ1) is 20.4. The number of hydrogen-bond donors (Lipinski definition) is 1. The van der Waals surface area contributed by atoms with Gasteiger partial charge in [0.25, 0.3) is 5.56 Å². The number of anilines is 3. The van der Waals surface area contributed by atoms with Crippen molar-refractivity contribution in [1.29, 1.82) is 0 Å². The number of benzene rings is 1. The molecule has 0 saturated carbocycles. The van der Waals surface area contributed by atoms with Crippen molar-refractivity contribution in [2.24, 2.45) is 5.92 Å². The van der Waals surface area contributed by atoms with Crippen LogP contribution in [-0.4, -0.2) is 47.7 Å². The molecule has 0 unspecified atom stereocenters. The summed E-state index contributed by atoms with van der Waals surface area (Å²) in [5, 5.41) is 4.37. The van der Waals surface area contributed by atoms with Gasteiger partial charge in [-0.3, -0.25) is 4.79 Å². The van der Waals surface area contributed by atoms with E-state index in [1.165, 1.54) is 5.69 Å². The highest BCUT2D eigenvalue weighted by atomic mass is 16.1. The summed E-state index contributed by atoms with van der Waals surface area (Å²) in [6.45, 7) is 9.38. The first-order valence-electron chi connectivity index (χ1n) is 10.8. The number of fused-ring (bicyclic) bond motifs is 1. The molecule has 6 nitrogen and oxygen atoms in total. The molecular weight excluding hydrogens is 374 g/mol. The van der Waals surface area contributed by atoms with Crippen molar-refractivity contribution in [1.82, 2.24) is 14.5 Å². The third-order valence-corrected chi connectivity index (χ3v) is 5.81.